The van der Waals surface area contributed by atoms with Gasteiger partial charge >= 0.3 is 28.6 Å². The zero-order valence-corrected chi connectivity index (χ0v) is 12.2. The largest absolute Gasteiger partial charge is 3.00 e. The molecule has 0 spiro atoms. The Morgan fingerprint density at radius 3 is 0.500 bits per heavy atom. The summed E-state index contributed by atoms with van der Waals surface area (Å²) in [4.78, 5) is 25.0. The smallest absolute Gasteiger partial charge is 0.652 e. The Labute approximate surface area is 92.6 Å². The fourth-order valence-electron chi connectivity index (χ4n) is 0. The van der Waals surface area contributed by atoms with Crippen LogP contribution >= 0.6 is 0 Å². The van der Waals surface area contributed by atoms with Gasteiger partial charge in [0.2, 0.25) is 0 Å². The van der Waals surface area contributed by atoms with Gasteiger partial charge in [-0.05, 0) is 18.5 Å². The molecule has 0 aliphatic rings. The van der Waals surface area contributed by atoms with Gasteiger partial charge in [0, 0.05) is 0 Å². The minimum absolute atomic E-state index is 0. The fourth-order valence-corrected chi connectivity index (χ4v) is 0. The number of carbonyl (C=O) groups excluding carboxylic acids is 3. The Bertz CT molecular complexity index is 116. The predicted molar refractivity (Wildman–Crippen MR) is 16.2 cm³/mol. The van der Waals surface area contributed by atoms with E-state index in [4.69, 9.17) is 45.0 Å². The quantitative estimate of drug-likeness (QED) is 0.242. The topological polar surface area (TPSA) is 190 Å². The molecular formula is C3Am2O9. The van der Waals surface area contributed by atoms with Crippen molar-refractivity contribution in [1.29, 1.82) is 0 Å². The summed E-state index contributed by atoms with van der Waals surface area (Å²) in [5, 5.41) is 50.0. The normalized spacial score (nSPS) is 5.14. The van der Waals surface area contributed by atoms with E-state index in [9.17, 15) is 0 Å². The van der Waals surface area contributed by atoms with E-state index in [2.05, 4.69) is 0 Å². The first kappa shape index (κ1) is 29.4. The standard InChI is InChI=1S/3CH2O3.2Am/c3*2-1(3)4;;/h3*(H2,2,3,4);;/q;;;2*+3/p-6. The molecular weight excluding hydrogens is 666 g/mol. The molecule has 0 fully saturated rings. The van der Waals surface area contributed by atoms with E-state index >= 15 is 0 Å². The third-order valence-corrected chi connectivity index (χ3v) is 0. The van der Waals surface area contributed by atoms with Crippen LogP contribution in [0.1, 0.15) is 0 Å². The van der Waals surface area contributed by atoms with E-state index in [0.717, 1.165) is 0 Å². The first-order chi connectivity index (χ1) is 5.20. The average Bonchev–Trinajstić information content (AvgIpc) is 1.54. The van der Waals surface area contributed by atoms with Gasteiger partial charge in [0.1, 0.15) is 0 Å². The van der Waals surface area contributed by atoms with Gasteiger partial charge in [-0.2, -0.15) is 0 Å². The van der Waals surface area contributed by atoms with E-state index in [-0.39, 0.29) is 28.6 Å². The molecule has 0 amide bonds. The fraction of sp³-hybridized carbons (Fsp3) is 0. The third kappa shape index (κ3) is 489. The van der Waals surface area contributed by atoms with Crippen molar-refractivity contribution >= 4 is 18.5 Å². The zero-order valence-electron chi connectivity index (χ0n) is 5.93. The molecule has 0 saturated heterocycles. The van der Waals surface area contributed by atoms with Crippen LogP contribution in [-0.4, -0.2) is 18.5 Å². The van der Waals surface area contributed by atoms with Gasteiger partial charge in [-0.1, -0.05) is 0 Å². The van der Waals surface area contributed by atoms with Crippen LogP contribution in [0.15, 0.2) is 0 Å². The van der Waals surface area contributed by atoms with Crippen molar-refractivity contribution in [2.45, 2.75) is 0 Å². The number of hydrogen-bond acceptors (Lipinski definition) is 9. The van der Waals surface area contributed by atoms with Crippen LogP contribution in [0.2, 0.25) is 0 Å². The van der Waals surface area contributed by atoms with Crippen LogP contribution in [0, 0.1) is 28.6 Å². The Hall–Kier alpha value is -1.41. The summed E-state index contributed by atoms with van der Waals surface area (Å²) in [5.41, 5.74) is 0. The summed E-state index contributed by atoms with van der Waals surface area (Å²) in [6, 6.07) is 0. The molecule has 80 valence electrons. The maximum absolute atomic E-state index is 8.33. The van der Waals surface area contributed by atoms with Crippen LogP contribution in [-0.2, 0) is 0 Å². The molecule has 0 atom stereocenters. The Morgan fingerprint density at radius 1 is 0.500 bits per heavy atom. The summed E-state index contributed by atoms with van der Waals surface area (Å²) < 4.78 is 0. The second kappa shape index (κ2) is 22.6. The van der Waals surface area contributed by atoms with Gasteiger partial charge in [0.05, 0.1) is 0 Å². The van der Waals surface area contributed by atoms with Crippen molar-refractivity contribution in [3.05, 3.63) is 0 Å². The molecule has 0 rings (SSSR count). The number of rotatable bonds is 0. The van der Waals surface area contributed by atoms with Gasteiger partial charge in [0.15, 0.2) is 0 Å². The summed E-state index contributed by atoms with van der Waals surface area (Å²) in [5.74, 6) is 0. The SMILES string of the molecule is O=C([O-])[O-].O=C([O-])[O-].O=C([O-])[O-].[Am+3].[Am+3]. The first-order valence-corrected chi connectivity index (χ1v) is 1.84. The van der Waals surface area contributed by atoms with E-state index in [1.54, 1.807) is 0 Å². The molecule has 0 aromatic heterocycles. The molecule has 9 nitrogen and oxygen atoms in total. The third-order valence-electron chi connectivity index (χ3n) is 0. The van der Waals surface area contributed by atoms with Crippen molar-refractivity contribution in [2.24, 2.45) is 0 Å². The molecule has 11 heteroatoms. The molecule has 0 bridgehead atoms. The Kier molecular flexibility index (Phi) is 47.3. The molecule has 14 heavy (non-hydrogen) atoms. The monoisotopic (exact) mass is 662 g/mol. The van der Waals surface area contributed by atoms with Gasteiger partial charge in [0.25, 0.3) is 0 Å². The van der Waals surface area contributed by atoms with Crippen molar-refractivity contribution in [1.82, 2.24) is 0 Å². The van der Waals surface area contributed by atoms with Crippen LogP contribution < -0.4 is 30.6 Å². The Morgan fingerprint density at radius 2 is 0.500 bits per heavy atom. The van der Waals surface area contributed by atoms with Crippen molar-refractivity contribution in [2.75, 3.05) is 0 Å². The molecule has 0 unspecified atom stereocenters. The zero-order chi connectivity index (χ0) is 10.7. The van der Waals surface area contributed by atoms with Gasteiger partial charge in [-0.3, -0.25) is 0 Å². The second-order valence-electron chi connectivity index (χ2n) is 0.750. The molecule has 0 saturated carbocycles. The summed E-state index contributed by atoms with van der Waals surface area (Å²) >= 11 is 0. The van der Waals surface area contributed by atoms with Gasteiger partial charge in [-0.15, -0.1) is 0 Å². The van der Waals surface area contributed by atoms with Crippen molar-refractivity contribution in [3.63, 3.8) is 0 Å². The molecule has 0 radical (unpaired) electrons. The molecule has 0 aromatic carbocycles. The van der Waals surface area contributed by atoms with Crippen LogP contribution in [0.3, 0.4) is 0 Å². The van der Waals surface area contributed by atoms with E-state index < -0.39 is 18.5 Å². The van der Waals surface area contributed by atoms with E-state index in [0.29, 0.717) is 0 Å². The molecule has 0 aliphatic carbocycles. The minimum Gasteiger partial charge on any atom is -0.652 e. The molecule has 0 heterocycles. The van der Waals surface area contributed by atoms with Gasteiger partial charge < -0.3 is 45.0 Å². The van der Waals surface area contributed by atoms with E-state index in [1.807, 2.05) is 0 Å². The number of carboxylic acid groups (broad SMARTS) is 6. The predicted octanol–water partition coefficient (Wildman–Crippen LogP) is -7.34. The maximum atomic E-state index is 8.33. The molecule has 0 aliphatic heterocycles. The minimum atomic E-state index is -2.33. The van der Waals surface area contributed by atoms with Crippen LogP contribution in [0.25, 0.3) is 0 Å². The van der Waals surface area contributed by atoms with Gasteiger partial charge in [-0.25, -0.2) is 0 Å². The first-order valence-electron chi connectivity index (χ1n) is 1.84. The number of hydrogen-bond donors (Lipinski definition) is 0. The van der Waals surface area contributed by atoms with Crippen molar-refractivity contribution < 1.29 is 73.6 Å². The number of carbonyl (C=O) groups is 3. The van der Waals surface area contributed by atoms with Crippen LogP contribution in [0.5, 0.6) is 0 Å². The summed E-state index contributed by atoms with van der Waals surface area (Å²) in [7, 11) is 0. The molecule has 0 aromatic rings. The average molecular weight is 666 g/mol. The van der Waals surface area contributed by atoms with Crippen LogP contribution in [0.4, 0.5) is 14.4 Å². The van der Waals surface area contributed by atoms with E-state index in [1.165, 1.54) is 0 Å². The summed E-state index contributed by atoms with van der Waals surface area (Å²) in [6.45, 7) is 0. The summed E-state index contributed by atoms with van der Waals surface area (Å²) in [6.07, 6.45) is -7.00. The maximum Gasteiger partial charge on any atom is 3.00 e. The Balaban J connectivity index is -0.0000000270. The second-order valence-corrected chi connectivity index (χ2v) is 0.750. The molecule has 0 N–H and O–H groups in total. The van der Waals surface area contributed by atoms with Crippen molar-refractivity contribution in [3.8, 4) is 0 Å².